The molecule has 0 aromatic carbocycles. The van der Waals surface area contributed by atoms with Gasteiger partial charge in [-0.1, -0.05) is 0 Å². The van der Waals surface area contributed by atoms with Crippen molar-refractivity contribution in [2.75, 3.05) is 13.1 Å². The van der Waals surface area contributed by atoms with E-state index in [0.29, 0.717) is 0 Å². The molecular formula is C5H10N2O4. The van der Waals surface area contributed by atoms with Gasteiger partial charge in [0, 0.05) is 6.54 Å². The summed E-state index contributed by atoms with van der Waals surface area (Å²) in [7, 11) is 0. The molecule has 0 saturated heterocycles. The Kier molecular flexibility index (Phi) is 4.16. The molecule has 6 nitrogen and oxygen atoms in total. The summed E-state index contributed by atoms with van der Waals surface area (Å²) in [5.74, 6) is -2.25. The van der Waals surface area contributed by atoms with Crippen molar-refractivity contribution in [1.29, 1.82) is 0 Å². The molecule has 11 heavy (non-hydrogen) atoms. The smallest absolute Gasteiger partial charge is 0.322 e. The van der Waals surface area contributed by atoms with E-state index in [1.165, 1.54) is 0 Å². The Balaban J connectivity index is 3.70. The zero-order valence-corrected chi connectivity index (χ0v) is 5.78. The SMILES string of the molecule is NCC(NCC(=O)O)C(=O)O. The number of nitrogens with two attached hydrogens (primary N) is 1. The molecule has 0 aromatic rings. The Morgan fingerprint density at radius 2 is 2.00 bits per heavy atom. The third-order valence-electron chi connectivity index (χ3n) is 1.03. The first-order chi connectivity index (χ1) is 5.07. The molecule has 0 aliphatic heterocycles. The fraction of sp³-hybridized carbons (Fsp3) is 0.600. The molecule has 5 N–H and O–H groups in total. The first-order valence-corrected chi connectivity index (χ1v) is 2.96. The van der Waals surface area contributed by atoms with Gasteiger partial charge >= 0.3 is 11.9 Å². The molecular weight excluding hydrogens is 152 g/mol. The van der Waals surface area contributed by atoms with Gasteiger partial charge in [0.1, 0.15) is 6.04 Å². The zero-order valence-electron chi connectivity index (χ0n) is 5.78. The van der Waals surface area contributed by atoms with Crippen molar-refractivity contribution in [3.05, 3.63) is 0 Å². The lowest BCUT2D eigenvalue weighted by Crippen LogP contribution is -2.44. The molecule has 1 unspecified atom stereocenters. The highest BCUT2D eigenvalue weighted by molar-refractivity contribution is 5.75. The predicted molar refractivity (Wildman–Crippen MR) is 36.1 cm³/mol. The number of aliphatic carboxylic acids is 2. The van der Waals surface area contributed by atoms with E-state index in [9.17, 15) is 9.59 Å². The third kappa shape index (κ3) is 4.29. The van der Waals surface area contributed by atoms with Crippen molar-refractivity contribution in [2.24, 2.45) is 5.73 Å². The van der Waals surface area contributed by atoms with Gasteiger partial charge in [-0.3, -0.25) is 14.9 Å². The lowest BCUT2D eigenvalue weighted by molar-refractivity contribution is -0.140. The molecule has 6 heteroatoms. The molecule has 0 radical (unpaired) electrons. The number of carboxylic acid groups (broad SMARTS) is 2. The second kappa shape index (κ2) is 4.64. The molecule has 0 aliphatic carbocycles. The normalized spacial score (nSPS) is 12.5. The maximum Gasteiger partial charge on any atom is 0.322 e. The Labute approximate surface area is 63.0 Å². The van der Waals surface area contributed by atoms with Crippen LogP contribution in [0.1, 0.15) is 0 Å². The molecule has 0 spiro atoms. The van der Waals surface area contributed by atoms with Crippen molar-refractivity contribution in [2.45, 2.75) is 6.04 Å². The average Bonchev–Trinajstić information content (AvgIpc) is 1.87. The summed E-state index contributed by atoms with van der Waals surface area (Å²) in [5.41, 5.74) is 5.02. The number of hydrogen-bond donors (Lipinski definition) is 4. The van der Waals surface area contributed by atoms with Gasteiger partial charge in [0.15, 0.2) is 0 Å². The molecule has 1 atom stereocenters. The molecule has 0 fully saturated rings. The minimum atomic E-state index is -1.14. The van der Waals surface area contributed by atoms with Crippen molar-refractivity contribution in [1.82, 2.24) is 5.32 Å². The number of rotatable bonds is 5. The summed E-state index contributed by atoms with van der Waals surface area (Å²) in [5, 5.41) is 18.7. The van der Waals surface area contributed by atoms with Gasteiger partial charge in [-0.05, 0) is 0 Å². The molecule has 0 bridgehead atoms. The number of hydrogen-bond acceptors (Lipinski definition) is 4. The molecule has 0 heterocycles. The van der Waals surface area contributed by atoms with Gasteiger partial charge in [-0.15, -0.1) is 0 Å². The number of carboxylic acids is 2. The second-order valence-electron chi connectivity index (χ2n) is 1.90. The van der Waals surface area contributed by atoms with Gasteiger partial charge in [-0.2, -0.15) is 0 Å². The summed E-state index contributed by atoms with van der Waals surface area (Å²) in [6.45, 7) is -0.517. The summed E-state index contributed by atoms with van der Waals surface area (Å²) in [6.07, 6.45) is 0. The molecule has 0 aromatic heterocycles. The minimum absolute atomic E-state index is 0.122. The van der Waals surface area contributed by atoms with Crippen LogP contribution in [0.2, 0.25) is 0 Å². The first kappa shape index (κ1) is 9.86. The third-order valence-corrected chi connectivity index (χ3v) is 1.03. The van der Waals surface area contributed by atoms with E-state index < -0.39 is 24.5 Å². The maximum atomic E-state index is 10.2. The highest BCUT2D eigenvalue weighted by Gasteiger charge is 2.14. The molecule has 0 rings (SSSR count). The lowest BCUT2D eigenvalue weighted by Gasteiger charge is -2.08. The van der Waals surface area contributed by atoms with Crippen LogP contribution < -0.4 is 11.1 Å². The quantitative estimate of drug-likeness (QED) is 0.374. The topological polar surface area (TPSA) is 113 Å². The van der Waals surface area contributed by atoms with Gasteiger partial charge in [-0.25, -0.2) is 0 Å². The van der Waals surface area contributed by atoms with Crippen LogP contribution >= 0.6 is 0 Å². The van der Waals surface area contributed by atoms with Crippen LogP contribution in [0.25, 0.3) is 0 Å². The highest BCUT2D eigenvalue weighted by Crippen LogP contribution is 1.78. The molecule has 0 amide bonds. The van der Waals surface area contributed by atoms with Gasteiger partial charge in [0.25, 0.3) is 0 Å². The summed E-state index contributed by atoms with van der Waals surface area (Å²) >= 11 is 0. The van der Waals surface area contributed by atoms with E-state index in [0.717, 1.165) is 0 Å². The van der Waals surface area contributed by atoms with Crippen LogP contribution in [-0.4, -0.2) is 41.3 Å². The average molecular weight is 162 g/mol. The van der Waals surface area contributed by atoms with E-state index >= 15 is 0 Å². The lowest BCUT2D eigenvalue weighted by atomic mass is 10.3. The van der Waals surface area contributed by atoms with Crippen LogP contribution in [-0.2, 0) is 9.59 Å². The van der Waals surface area contributed by atoms with E-state index in [-0.39, 0.29) is 6.54 Å². The molecule has 0 aliphatic rings. The van der Waals surface area contributed by atoms with E-state index in [1.807, 2.05) is 0 Å². The zero-order chi connectivity index (χ0) is 8.85. The first-order valence-electron chi connectivity index (χ1n) is 2.96. The fourth-order valence-electron chi connectivity index (χ4n) is 0.482. The van der Waals surface area contributed by atoms with Crippen molar-refractivity contribution >= 4 is 11.9 Å². The summed E-state index contributed by atoms with van der Waals surface area (Å²) in [6, 6.07) is -0.980. The van der Waals surface area contributed by atoms with Crippen molar-refractivity contribution in [3.63, 3.8) is 0 Å². The Bertz CT molecular complexity index is 159. The van der Waals surface area contributed by atoms with Crippen LogP contribution in [0.5, 0.6) is 0 Å². The summed E-state index contributed by atoms with van der Waals surface area (Å²) in [4.78, 5) is 20.2. The maximum absolute atomic E-state index is 10.2. The van der Waals surface area contributed by atoms with E-state index in [1.54, 1.807) is 0 Å². The predicted octanol–water partition coefficient (Wildman–Crippen LogP) is -1.93. The van der Waals surface area contributed by atoms with Crippen molar-refractivity contribution in [3.8, 4) is 0 Å². The van der Waals surface area contributed by atoms with Crippen LogP contribution in [0, 0.1) is 0 Å². The van der Waals surface area contributed by atoms with Gasteiger partial charge in [0.2, 0.25) is 0 Å². The second-order valence-corrected chi connectivity index (χ2v) is 1.90. The number of nitrogens with one attached hydrogen (secondary N) is 1. The monoisotopic (exact) mass is 162 g/mol. The standard InChI is InChI=1S/C5H10N2O4/c6-1-3(5(10)11)7-2-4(8)9/h3,7H,1-2,6H2,(H,8,9)(H,10,11). The van der Waals surface area contributed by atoms with E-state index in [2.05, 4.69) is 5.32 Å². The minimum Gasteiger partial charge on any atom is -0.480 e. The fourth-order valence-corrected chi connectivity index (χ4v) is 0.482. The molecule has 64 valence electrons. The Morgan fingerprint density at radius 1 is 1.45 bits per heavy atom. The van der Waals surface area contributed by atoms with Crippen LogP contribution in [0.4, 0.5) is 0 Å². The van der Waals surface area contributed by atoms with Crippen LogP contribution in [0.15, 0.2) is 0 Å². The van der Waals surface area contributed by atoms with Crippen molar-refractivity contribution < 1.29 is 19.8 Å². The van der Waals surface area contributed by atoms with Gasteiger partial charge in [0.05, 0.1) is 6.54 Å². The Morgan fingerprint density at radius 3 is 2.27 bits per heavy atom. The molecule has 0 saturated carbocycles. The highest BCUT2D eigenvalue weighted by atomic mass is 16.4. The summed E-state index contributed by atoms with van der Waals surface area (Å²) < 4.78 is 0. The van der Waals surface area contributed by atoms with Crippen LogP contribution in [0.3, 0.4) is 0 Å². The van der Waals surface area contributed by atoms with E-state index in [4.69, 9.17) is 15.9 Å². The Hall–Kier alpha value is -1.14. The van der Waals surface area contributed by atoms with Gasteiger partial charge < -0.3 is 15.9 Å². The largest absolute Gasteiger partial charge is 0.480 e. The number of carbonyl (C=O) groups is 2.